The first kappa shape index (κ1) is 16.3. The van der Waals surface area contributed by atoms with Crippen LogP contribution in [0.3, 0.4) is 0 Å². The fourth-order valence-corrected chi connectivity index (χ4v) is 3.15. The molecule has 0 unspecified atom stereocenters. The van der Waals surface area contributed by atoms with Crippen molar-refractivity contribution >= 4 is 22.7 Å². The summed E-state index contributed by atoms with van der Waals surface area (Å²) in [5.74, 6) is -0.999. The van der Waals surface area contributed by atoms with E-state index in [2.05, 4.69) is 25.3 Å². The molecule has 2 aromatic rings. The summed E-state index contributed by atoms with van der Waals surface area (Å²) in [5.41, 5.74) is 3.48. The highest BCUT2D eigenvalue weighted by Crippen LogP contribution is 2.36. The molecule has 1 aromatic heterocycles. The van der Waals surface area contributed by atoms with E-state index in [9.17, 15) is 14.7 Å². The van der Waals surface area contributed by atoms with Gasteiger partial charge in [0.2, 0.25) is 0 Å². The number of Topliss-reactive ketones (excluding diaryl/α,β-unsaturated/α-hetero) is 1. The van der Waals surface area contributed by atoms with Gasteiger partial charge in [-0.3, -0.25) is 4.79 Å². The summed E-state index contributed by atoms with van der Waals surface area (Å²) in [6.45, 7) is 12.4. The van der Waals surface area contributed by atoms with Gasteiger partial charge < -0.3 is 9.67 Å². The minimum atomic E-state index is -0.969. The minimum Gasteiger partial charge on any atom is -0.478 e. The number of aromatic nitrogens is 1. The molecule has 0 aliphatic heterocycles. The predicted octanol–water partition coefficient (Wildman–Crippen LogP) is 4.17. The van der Waals surface area contributed by atoms with E-state index in [1.807, 2.05) is 13.8 Å². The number of aryl methyl sites for hydroxylation is 1. The molecule has 0 atom stereocenters. The number of carbonyl (C=O) groups excluding carboxylic acids is 1. The lowest BCUT2D eigenvalue weighted by molar-refractivity contribution is 0.0696. The number of rotatable bonds is 3. The SMILES string of the molecule is CCn1c(C)c(C(C)=O)c2cc(C(=O)O)cc(C(C)(C)C)c21. The van der Waals surface area contributed by atoms with Crippen LogP contribution in [0, 0.1) is 6.92 Å². The van der Waals surface area contributed by atoms with Gasteiger partial charge in [0.1, 0.15) is 0 Å². The van der Waals surface area contributed by atoms with E-state index in [0.717, 1.165) is 28.7 Å². The number of nitrogens with zero attached hydrogens (tertiary/aromatic N) is 1. The zero-order valence-corrected chi connectivity index (χ0v) is 14.1. The van der Waals surface area contributed by atoms with Crippen molar-refractivity contribution in [1.29, 1.82) is 0 Å². The molecule has 0 spiro atoms. The molecule has 1 N–H and O–H groups in total. The maximum absolute atomic E-state index is 12.1. The quantitative estimate of drug-likeness (QED) is 0.866. The molecule has 22 heavy (non-hydrogen) atoms. The Morgan fingerprint density at radius 2 is 1.82 bits per heavy atom. The Kier molecular flexibility index (Phi) is 3.90. The molecule has 0 bridgehead atoms. The summed E-state index contributed by atoms with van der Waals surface area (Å²) >= 11 is 0. The Morgan fingerprint density at radius 3 is 2.23 bits per heavy atom. The average Bonchev–Trinajstić information content (AvgIpc) is 2.67. The molecule has 1 heterocycles. The third-order valence-electron chi connectivity index (χ3n) is 4.14. The number of hydrogen-bond donors (Lipinski definition) is 1. The van der Waals surface area contributed by atoms with Crippen LogP contribution in [0.25, 0.3) is 10.9 Å². The summed E-state index contributed by atoms with van der Waals surface area (Å²) in [7, 11) is 0. The van der Waals surface area contributed by atoms with E-state index < -0.39 is 5.97 Å². The highest BCUT2D eigenvalue weighted by molar-refractivity contribution is 6.10. The molecule has 0 saturated heterocycles. The Bertz CT molecular complexity index is 776. The zero-order valence-electron chi connectivity index (χ0n) is 14.1. The largest absolute Gasteiger partial charge is 0.478 e. The van der Waals surface area contributed by atoms with Crippen molar-refractivity contribution in [2.75, 3.05) is 0 Å². The first-order valence-corrected chi connectivity index (χ1v) is 7.51. The van der Waals surface area contributed by atoms with Crippen LogP contribution in [0.15, 0.2) is 12.1 Å². The lowest BCUT2D eigenvalue weighted by Crippen LogP contribution is -2.15. The Hall–Kier alpha value is -2.10. The van der Waals surface area contributed by atoms with Crippen LogP contribution < -0.4 is 0 Å². The van der Waals surface area contributed by atoms with Crippen molar-refractivity contribution in [3.63, 3.8) is 0 Å². The summed E-state index contributed by atoms with van der Waals surface area (Å²) in [6.07, 6.45) is 0. The third-order valence-corrected chi connectivity index (χ3v) is 4.14. The summed E-state index contributed by atoms with van der Waals surface area (Å²) in [5, 5.41) is 10.2. The van der Waals surface area contributed by atoms with E-state index in [1.54, 1.807) is 12.1 Å². The summed E-state index contributed by atoms with van der Waals surface area (Å²) < 4.78 is 2.11. The molecule has 118 valence electrons. The number of fused-ring (bicyclic) bond motifs is 1. The summed E-state index contributed by atoms with van der Waals surface area (Å²) in [6, 6.07) is 3.36. The predicted molar refractivity (Wildman–Crippen MR) is 88.0 cm³/mol. The van der Waals surface area contributed by atoms with Gasteiger partial charge >= 0.3 is 5.97 Å². The van der Waals surface area contributed by atoms with Crippen molar-refractivity contribution in [2.45, 2.75) is 53.5 Å². The maximum Gasteiger partial charge on any atom is 0.335 e. The minimum absolute atomic E-state index is 0.0305. The second-order valence-corrected chi connectivity index (χ2v) is 6.74. The number of ketones is 1. The summed E-state index contributed by atoms with van der Waals surface area (Å²) in [4.78, 5) is 23.6. The highest BCUT2D eigenvalue weighted by Gasteiger charge is 2.26. The number of carboxylic acid groups (broad SMARTS) is 1. The van der Waals surface area contributed by atoms with Crippen molar-refractivity contribution in [2.24, 2.45) is 0 Å². The van der Waals surface area contributed by atoms with Crippen molar-refractivity contribution in [3.05, 3.63) is 34.5 Å². The van der Waals surface area contributed by atoms with E-state index in [-0.39, 0.29) is 16.8 Å². The number of benzene rings is 1. The van der Waals surface area contributed by atoms with Crippen LogP contribution in [-0.4, -0.2) is 21.4 Å². The number of aromatic carboxylic acids is 1. The van der Waals surface area contributed by atoms with Gasteiger partial charge in [0.15, 0.2) is 5.78 Å². The smallest absolute Gasteiger partial charge is 0.335 e. The topological polar surface area (TPSA) is 59.3 Å². The average molecular weight is 301 g/mol. The van der Waals surface area contributed by atoms with Crippen molar-refractivity contribution < 1.29 is 14.7 Å². The van der Waals surface area contributed by atoms with Gasteiger partial charge in [-0.15, -0.1) is 0 Å². The van der Waals surface area contributed by atoms with E-state index in [4.69, 9.17) is 0 Å². The molecule has 1 aromatic carbocycles. The maximum atomic E-state index is 12.1. The first-order valence-electron chi connectivity index (χ1n) is 7.51. The molecule has 0 saturated carbocycles. The van der Waals surface area contributed by atoms with Crippen LogP contribution in [0.1, 0.15) is 66.6 Å². The molecular formula is C18H23NO3. The standard InChI is InChI=1S/C18H23NO3/c1-7-19-10(2)15(11(3)20)13-8-12(17(21)22)9-14(16(13)19)18(4,5)6/h8-9H,7H2,1-6H3,(H,21,22). The van der Waals surface area contributed by atoms with Gasteiger partial charge in [0, 0.05) is 23.2 Å². The van der Waals surface area contributed by atoms with E-state index in [1.165, 1.54) is 6.92 Å². The van der Waals surface area contributed by atoms with Crippen molar-refractivity contribution in [1.82, 2.24) is 4.57 Å². The van der Waals surface area contributed by atoms with E-state index in [0.29, 0.717) is 5.56 Å². The fraction of sp³-hybridized carbons (Fsp3) is 0.444. The van der Waals surface area contributed by atoms with Gasteiger partial charge in [-0.1, -0.05) is 20.8 Å². The van der Waals surface area contributed by atoms with Gasteiger partial charge in [-0.05, 0) is 43.9 Å². The monoisotopic (exact) mass is 301 g/mol. The molecule has 4 nitrogen and oxygen atoms in total. The van der Waals surface area contributed by atoms with Crippen LogP contribution in [0.5, 0.6) is 0 Å². The number of carbonyl (C=O) groups is 2. The Labute approximate surface area is 130 Å². The normalized spacial score (nSPS) is 11.9. The molecule has 0 aliphatic carbocycles. The van der Waals surface area contributed by atoms with Gasteiger partial charge in [-0.25, -0.2) is 4.79 Å². The number of carboxylic acids is 1. The fourth-order valence-electron chi connectivity index (χ4n) is 3.15. The molecule has 0 radical (unpaired) electrons. The van der Waals surface area contributed by atoms with Gasteiger partial charge in [0.25, 0.3) is 0 Å². The van der Waals surface area contributed by atoms with E-state index >= 15 is 0 Å². The molecule has 0 aliphatic rings. The molecule has 0 fully saturated rings. The zero-order chi connectivity index (χ0) is 16.8. The molecule has 4 heteroatoms. The lowest BCUT2D eigenvalue weighted by Gasteiger charge is -2.22. The van der Waals surface area contributed by atoms with Gasteiger partial charge in [-0.2, -0.15) is 0 Å². The Morgan fingerprint density at radius 1 is 1.23 bits per heavy atom. The van der Waals surface area contributed by atoms with Crippen LogP contribution in [-0.2, 0) is 12.0 Å². The molecule has 0 amide bonds. The first-order chi connectivity index (χ1) is 10.1. The number of hydrogen-bond acceptors (Lipinski definition) is 2. The Balaban J connectivity index is 3.08. The van der Waals surface area contributed by atoms with Crippen LogP contribution in [0.2, 0.25) is 0 Å². The van der Waals surface area contributed by atoms with Gasteiger partial charge in [0.05, 0.1) is 11.1 Å². The molecular weight excluding hydrogens is 278 g/mol. The van der Waals surface area contributed by atoms with Crippen molar-refractivity contribution in [3.8, 4) is 0 Å². The molecule has 2 rings (SSSR count). The highest BCUT2D eigenvalue weighted by atomic mass is 16.4. The van der Waals surface area contributed by atoms with Crippen LogP contribution in [0.4, 0.5) is 0 Å². The third kappa shape index (κ3) is 2.43. The van der Waals surface area contributed by atoms with Crippen LogP contribution >= 0.6 is 0 Å². The second-order valence-electron chi connectivity index (χ2n) is 6.74. The second kappa shape index (κ2) is 5.27. The lowest BCUT2D eigenvalue weighted by atomic mass is 9.84.